The number of carboxylic acid groups (broad SMARTS) is 1. The van der Waals surface area contributed by atoms with Gasteiger partial charge in [0.15, 0.2) is 0 Å². The van der Waals surface area contributed by atoms with Crippen LogP contribution in [0.4, 0.5) is 0 Å². The van der Waals surface area contributed by atoms with E-state index in [0.29, 0.717) is 24.1 Å². The Hall–Kier alpha value is -1.88. The van der Waals surface area contributed by atoms with Crippen molar-refractivity contribution >= 4 is 11.9 Å². The molecule has 3 rings (SSSR count). The topological polar surface area (TPSA) is 60.9 Å². The minimum absolute atomic E-state index is 0.223. The van der Waals surface area contributed by atoms with Gasteiger partial charge in [-0.2, -0.15) is 0 Å². The molecule has 1 N–H and O–H groups in total. The lowest BCUT2D eigenvalue weighted by Crippen LogP contribution is -2.45. The highest BCUT2D eigenvalue weighted by molar-refractivity contribution is 5.87. The van der Waals surface area contributed by atoms with Crippen LogP contribution in [0.25, 0.3) is 0 Å². The van der Waals surface area contributed by atoms with Crippen molar-refractivity contribution < 1.29 is 14.7 Å². The van der Waals surface area contributed by atoms with Crippen molar-refractivity contribution in [3.63, 3.8) is 0 Å². The fraction of sp³-hybridized carbons (Fsp3) is 0.600. The predicted octanol–water partition coefficient (Wildman–Crippen LogP) is 2.97. The minimum atomic E-state index is -0.901. The largest absolute Gasteiger partial charge is 0.478 e. The summed E-state index contributed by atoms with van der Waals surface area (Å²) in [5, 5.41) is 9.02. The molecule has 1 aliphatic heterocycles. The molecular formula is C20H28N2O3. The Balaban J connectivity index is 1.58. The number of amides is 1. The number of rotatable bonds is 5. The molecule has 1 aliphatic carbocycles. The van der Waals surface area contributed by atoms with Crippen molar-refractivity contribution in [2.24, 2.45) is 0 Å². The van der Waals surface area contributed by atoms with Crippen LogP contribution in [0.2, 0.25) is 0 Å². The molecule has 25 heavy (non-hydrogen) atoms. The van der Waals surface area contributed by atoms with E-state index < -0.39 is 5.97 Å². The van der Waals surface area contributed by atoms with Crippen LogP contribution < -0.4 is 0 Å². The number of nitrogens with zero attached hydrogens (tertiary/aromatic N) is 2. The quantitative estimate of drug-likeness (QED) is 0.892. The van der Waals surface area contributed by atoms with Crippen LogP contribution in [0.1, 0.15) is 60.4 Å². The van der Waals surface area contributed by atoms with E-state index in [4.69, 9.17) is 5.11 Å². The number of carboxylic acids is 1. The molecule has 1 atom stereocenters. The first-order valence-corrected chi connectivity index (χ1v) is 9.36. The van der Waals surface area contributed by atoms with Gasteiger partial charge in [-0.15, -0.1) is 0 Å². The zero-order valence-corrected chi connectivity index (χ0v) is 15.0. The Morgan fingerprint density at radius 3 is 2.44 bits per heavy atom. The van der Waals surface area contributed by atoms with E-state index in [1.165, 1.54) is 25.7 Å². The van der Waals surface area contributed by atoms with Crippen LogP contribution in [0.15, 0.2) is 24.3 Å². The number of benzene rings is 1. The normalized spacial score (nSPS) is 21.7. The summed E-state index contributed by atoms with van der Waals surface area (Å²) in [6, 6.07) is 7.67. The Kier molecular flexibility index (Phi) is 5.74. The fourth-order valence-corrected chi connectivity index (χ4v) is 4.16. The number of likely N-dealkylation sites (N-methyl/N-ethyl adjacent to an activating group) is 1. The second-order valence-electron chi connectivity index (χ2n) is 7.46. The Morgan fingerprint density at radius 1 is 1.12 bits per heavy atom. The van der Waals surface area contributed by atoms with Gasteiger partial charge in [0.25, 0.3) is 0 Å². The second-order valence-corrected chi connectivity index (χ2v) is 7.46. The zero-order chi connectivity index (χ0) is 17.8. The highest BCUT2D eigenvalue weighted by Crippen LogP contribution is 2.28. The maximum absolute atomic E-state index is 12.7. The fourth-order valence-electron chi connectivity index (χ4n) is 4.16. The van der Waals surface area contributed by atoms with Gasteiger partial charge in [0.2, 0.25) is 5.91 Å². The average molecular weight is 344 g/mol. The Morgan fingerprint density at radius 2 is 1.80 bits per heavy atom. The molecule has 0 aromatic heterocycles. The van der Waals surface area contributed by atoms with Gasteiger partial charge in [-0.3, -0.25) is 9.69 Å². The first-order valence-electron chi connectivity index (χ1n) is 9.36. The summed E-state index contributed by atoms with van der Waals surface area (Å²) in [5.41, 5.74) is 1.44. The van der Waals surface area contributed by atoms with Gasteiger partial charge in [0, 0.05) is 25.0 Å². The zero-order valence-electron chi connectivity index (χ0n) is 15.0. The van der Waals surface area contributed by atoms with Crippen LogP contribution >= 0.6 is 0 Å². The highest BCUT2D eigenvalue weighted by atomic mass is 16.4. The van der Waals surface area contributed by atoms with Gasteiger partial charge in [0.1, 0.15) is 0 Å². The molecule has 1 saturated heterocycles. The molecule has 0 spiro atoms. The highest BCUT2D eigenvalue weighted by Gasteiger charge is 2.27. The van der Waals surface area contributed by atoms with E-state index in [0.717, 1.165) is 31.5 Å². The van der Waals surface area contributed by atoms with E-state index in [-0.39, 0.29) is 5.91 Å². The van der Waals surface area contributed by atoms with Gasteiger partial charge < -0.3 is 10.0 Å². The molecule has 0 radical (unpaired) electrons. The number of piperidine rings is 1. The summed E-state index contributed by atoms with van der Waals surface area (Å²) in [6.07, 6.45) is 7.03. The predicted molar refractivity (Wildman–Crippen MR) is 96.8 cm³/mol. The van der Waals surface area contributed by atoms with Gasteiger partial charge in [-0.05, 0) is 50.4 Å². The summed E-state index contributed by atoms with van der Waals surface area (Å²) < 4.78 is 0. The molecule has 1 aromatic rings. The third-order valence-electron chi connectivity index (χ3n) is 5.74. The number of carbonyl (C=O) groups is 2. The maximum Gasteiger partial charge on any atom is 0.335 e. The first kappa shape index (κ1) is 17.9. The van der Waals surface area contributed by atoms with Gasteiger partial charge >= 0.3 is 5.97 Å². The summed E-state index contributed by atoms with van der Waals surface area (Å²) in [7, 11) is 2.07. The third kappa shape index (κ3) is 4.40. The molecule has 1 amide bonds. The third-order valence-corrected chi connectivity index (χ3v) is 5.74. The molecule has 1 saturated carbocycles. The van der Waals surface area contributed by atoms with Gasteiger partial charge in [0.05, 0.1) is 12.1 Å². The van der Waals surface area contributed by atoms with E-state index in [9.17, 15) is 9.59 Å². The van der Waals surface area contributed by atoms with Crippen molar-refractivity contribution in [3.8, 4) is 0 Å². The minimum Gasteiger partial charge on any atom is -0.478 e. The van der Waals surface area contributed by atoms with Gasteiger partial charge in [-0.25, -0.2) is 4.79 Å². The van der Waals surface area contributed by atoms with Crippen molar-refractivity contribution in [3.05, 3.63) is 35.4 Å². The monoisotopic (exact) mass is 344 g/mol. The van der Waals surface area contributed by atoms with E-state index in [1.807, 2.05) is 17.0 Å². The second kappa shape index (κ2) is 8.00. The molecule has 2 aliphatic rings. The van der Waals surface area contributed by atoms with Crippen molar-refractivity contribution in [1.29, 1.82) is 0 Å². The number of carbonyl (C=O) groups excluding carboxylic acids is 1. The smallest absolute Gasteiger partial charge is 0.335 e. The lowest BCUT2D eigenvalue weighted by atomic mass is 9.90. The van der Waals surface area contributed by atoms with Crippen LogP contribution in [0, 0.1) is 0 Å². The molecule has 1 heterocycles. The summed E-state index contributed by atoms with van der Waals surface area (Å²) in [6.45, 7) is 2.08. The number of hydrogen-bond acceptors (Lipinski definition) is 3. The van der Waals surface area contributed by atoms with E-state index in [2.05, 4.69) is 11.9 Å². The SMILES string of the molecule is CN(CC(=O)N1CCC[C@H](c2ccc(C(=O)O)cc2)C1)C1CCCC1. The molecule has 136 valence electrons. The molecule has 2 fully saturated rings. The summed E-state index contributed by atoms with van der Waals surface area (Å²) in [4.78, 5) is 27.9. The molecule has 0 unspecified atom stereocenters. The summed E-state index contributed by atoms with van der Waals surface area (Å²) in [5.74, 6) is -0.375. The molecule has 1 aromatic carbocycles. The van der Waals surface area contributed by atoms with Crippen LogP contribution in [-0.4, -0.2) is 59.5 Å². The maximum atomic E-state index is 12.7. The van der Waals surface area contributed by atoms with Gasteiger partial charge in [-0.1, -0.05) is 25.0 Å². The summed E-state index contributed by atoms with van der Waals surface area (Å²) >= 11 is 0. The molecule has 5 nitrogen and oxygen atoms in total. The standard InChI is InChI=1S/C20H28N2O3/c1-21(18-6-2-3-7-18)14-19(23)22-12-4-5-17(13-22)15-8-10-16(11-9-15)20(24)25/h8-11,17-18H,2-7,12-14H2,1H3,(H,24,25)/t17-/m0/s1. The molecule has 5 heteroatoms. The van der Waals surface area contributed by atoms with Crippen molar-refractivity contribution in [1.82, 2.24) is 9.80 Å². The average Bonchev–Trinajstić information content (AvgIpc) is 3.16. The number of likely N-dealkylation sites (tertiary alicyclic amines) is 1. The molecule has 0 bridgehead atoms. The van der Waals surface area contributed by atoms with Crippen LogP contribution in [0.5, 0.6) is 0 Å². The van der Waals surface area contributed by atoms with Crippen molar-refractivity contribution in [2.75, 3.05) is 26.7 Å². The number of aromatic carboxylic acids is 1. The van der Waals surface area contributed by atoms with Crippen LogP contribution in [-0.2, 0) is 4.79 Å². The lowest BCUT2D eigenvalue weighted by Gasteiger charge is -2.35. The van der Waals surface area contributed by atoms with E-state index in [1.54, 1.807) is 12.1 Å². The van der Waals surface area contributed by atoms with Crippen molar-refractivity contribution in [2.45, 2.75) is 50.5 Å². The molecular weight excluding hydrogens is 316 g/mol. The number of hydrogen-bond donors (Lipinski definition) is 1. The van der Waals surface area contributed by atoms with E-state index >= 15 is 0 Å². The Labute approximate surface area is 149 Å². The Bertz CT molecular complexity index is 608. The lowest BCUT2D eigenvalue weighted by molar-refractivity contribution is -0.133. The van der Waals surface area contributed by atoms with Crippen LogP contribution in [0.3, 0.4) is 0 Å². The first-order chi connectivity index (χ1) is 12.0.